The number of Topliss-reactive ketones (excluding diaryl/α,β-unsaturated/α-hetero) is 1. The molecular formula is C27H24BrNO5. The number of carbonyl (C=O) groups excluding carboxylic acids is 2. The van der Waals surface area contributed by atoms with Crippen LogP contribution in [0.4, 0.5) is 0 Å². The Morgan fingerprint density at radius 3 is 2.47 bits per heavy atom. The van der Waals surface area contributed by atoms with Crippen molar-refractivity contribution in [3.05, 3.63) is 99.5 Å². The van der Waals surface area contributed by atoms with Crippen molar-refractivity contribution in [1.29, 1.82) is 0 Å². The van der Waals surface area contributed by atoms with Crippen molar-refractivity contribution in [2.24, 2.45) is 0 Å². The molecule has 0 saturated carbocycles. The molecule has 1 unspecified atom stereocenters. The van der Waals surface area contributed by atoms with Crippen LogP contribution in [0.5, 0.6) is 11.5 Å². The molecule has 1 amide bonds. The van der Waals surface area contributed by atoms with Crippen LogP contribution in [-0.2, 0) is 16.1 Å². The van der Waals surface area contributed by atoms with Gasteiger partial charge in [-0.3, -0.25) is 9.59 Å². The van der Waals surface area contributed by atoms with Gasteiger partial charge in [0.05, 0.1) is 31.9 Å². The molecule has 0 bridgehead atoms. The van der Waals surface area contributed by atoms with Gasteiger partial charge in [0.2, 0.25) is 0 Å². The minimum Gasteiger partial charge on any atom is -0.507 e. The summed E-state index contributed by atoms with van der Waals surface area (Å²) < 4.78 is 11.9. The summed E-state index contributed by atoms with van der Waals surface area (Å²) in [5.41, 5.74) is 1.90. The van der Waals surface area contributed by atoms with E-state index < -0.39 is 17.7 Å². The van der Waals surface area contributed by atoms with Crippen molar-refractivity contribution in [1.82, 2.24) is 4.90 Å². The number of amides is 1. The first kappa shape index (κ1) is 23.6. The Balaban J connectivity index is 1.87. The van der Waals surface area contributed by atoms with E-state index >= 15 is 0 Å². The number of para-hydroxylation sites is 1. The molecule has 4 rings (SSSR count). The van der Waals surface area contributed by atoms with E-state index in [-0.39, 0.29) is 17.9 Å². The van der Waals surface area contributed by atoms with Gasteiger partial charge in [-0.05, 0) is 42.8 Å². The van der Waals surface area contributed by atoms with Gasteiger partial charge in [-0.1, -0.05) is 58.4 Å². The fourth-order valence-corrected chi connectivity index (χ4v) is 4.38. The second kappa shape index (κ2) is 10.1. The molecule has 1 heterocycles. The number of hydrogen-bond acceptors (Lipinski definition) is 5. The van der Waals surface area contributed by atoms with Crippen molar-refractivity contribution in [3.63, 3.8) is 0 Å². The number of ether oxygens (including phenoxy) is 2. The third kappa shape index (κ3) is 4.56. The highest BCUT2D eigenvalue weighted by Gasteiger charge is 2.46. The van der Waals surface area contributed by atoms with Crippen LogP contribution in [0.2, 0.25) is 0 Å². The largest absolute Gasteiger partial charge is 0.507 e. The van der Waals surface area contributed by atoms with E-state index in [1.807, 2.05) is 43.3 Å². The standard InChI is InChI=1S/C27H24BrNO5/c1-3-34-21-9-6-8-18(15-21)24-23(25(30)17-11-13-20(28)14-12-17)26(31)27(32)29(24)16-19-7-4-5-10-22(19)33-2/h4-15,24,30H,3,16H2,1-2H3/b25-23-. The summed E-state index contributed by atoms with van der Waals surface area (Å²) in [5.74, 6) is -0.413. The van der Waals surface area contributed by atoms with E-state index in [9.17, 15) is 14.7 Å². The van der Waals surface area contributed by atoms with Gasteiger partial charge >= 0.3 is 0 Å². The lowest BCUT2D eigenvalue weighted by Gasteiger charge is -2.26. The fraction of sp³-hybridized carbons (Fsp3) is 0.185. The molecule has 7 heteroatoms. The molecule has 3 aromatic carbocycles. The van der Waals surface area contributed by atoms with E-state index in [1.165, 1.54) is 4.90 Å². The van der Waals surface area contributed by atoms with Crippen LogP contribution in [0, 0.1) is 0 Å². The predicted octanol–water partition coefficient (Wildman–Crippen LogP) is 5.48. The zero-order valence-corrected chi connectivity index (χ0v) is 20.4. The maximum absolute atomic E-state index is 13.3. The molecule has 3 aromatic rings. The van der Waals surface area contributed by atoms with Gasteiger partial charge in [-0.15, -0.1) is 0 Å². The molecule has 0 spiro atoms. The van der Waals surface area contributed by atoms with Crippen molar-refractivity contribution < 1.29 is 24.2 Å². The molecular weight excluding hydrogens is 498 g/mol. The smallest absolute Gasteiger partial charge is 0.295 e. The van der Waals surface area contributed by atoms with Crippen LogP contribution >= 0.6 is 15.9 Å². The first-order valence-corrected chi connectivity index (χ1v) is 11.6. The van der Waals surface area contributed by atoms with E-state index in [4.69, 9.17) is 9.47 Å². The number of hydrogen-bond donors (Lipinski definition) is 1. The van der Waals surface area contributed by atoms with E-state index in [0.717, 1.165) is 10.0 Å². The molecule has 0 aliphatic carbocycles. The average molecular weight is 522 g/mol. The molecule has 0 aromatic heterocycles. The molecule has 0 radical (unpaired) electrons. The Bertz CT molecular complexity index is 1250. The maximum Gasteiger partial charge on any atom is 0.295 e. The Morgan fingerprint density at radius 1 is 1.03 bits per heavy atom. The monoisotopic (exact) mass is 521 g/mol. The van der Waals surface area contributed by atoms with Crippen LogP contribution < -0.4 is 9.47 Å². The van der Waals surface area contributed by atoms with Gasteiger partial charge in [0, 0.05) is 15.6 Å². The number of likely N-dealkylation sites (tertiary alicyclic amines) is 1. The number of aliphatic hydroxyl groups excluding tert-OH is 1. The second-order valence-electron chi connectivity index (χ2n) is 7.75. The van der Waals surface area contributed by atoms with Gasteiger partial charge in [0.25, 0.3) is 11.7 Å². The number of aliphatic hydroxyl groups is 1. The fourth-order valence-electron chi connectivity index (χ4n) is 4.11. The predicted molar refractivity (Wildman–Crippen MR) is 133 cm³/mol. The first-order chi connectivity index (χ1) is 16.4. The van der Waals surface area contributed by atoms with Crippen LogP contribution in [-0.4, -0.2) is 35.4 Å². The number of rotatable bonds is 7. The van der Waals surface area contributed by atoms with E-state index in [0.29, 0.717) is 29.2 Å². The summed E-state index contributed by atoms with van der Waals surface area (Å²) in [4.78, 5) is 28.0. The van der Waals surface area contributed by atoms with Crippen molar-refractivity contribution in [2.75, 3.05) is 13.7 Å². The molecule has 34 heavy (non-hydrogen) atoms. The summed E-state index contributed by atoms with van der Waals surface area (Å²) in [5, 5.41) is 11.2. The molecule has 1 fully saturated rings. The average Bonchev–Trinajstić information content (AvgIpc) is 3.10. The zero-order chi connectivity index (χ0) is 24.2. The number of benzene rings is 3. The van der Waals surface area contributed by atoms with Crippen LogP contribution in [0.15, 0.2) is 82.8 Å². The minimum atomic E-state index is -0.797. The first-order valence-electron chi connectivity index (χ1n) is 10.8. The topological polar surface area (TPSA) is 76.1 Å². The Hall–Kier alpha value is -3.58. The quantitative estimate of drug-likeness (QED) is 0.253. The number of ketones is 1. The van der Waals surface area contributed by atoms with E-state index in [2.05, 4.69) is 15.9 Å². The molecule has 1 N–H and O–H groups in total. The number of methoxy groups -OCH3 is 1. The van der Waals surface area contributed by atoms with Crippen molar-refractivity contribution in [2.45, 2.75) is 19.5 Å². The molecule has 1 atom stereocenters. The zero-order valence-electron chi connectivity index (χ0n) is 18.8. The molecule has 1 aliphatic rings. The SMILES string of the molecule is CCOc1cccc(C2/C(=C(/O)c3ccc(Br)cc3)C(=O)C(=O)N2Cc2ccccc2OC)c1. The third-order valence-electron chi connectivity index (χ3n) is 5.68. The lowest BCUT2D eigenvalue weighted by Crippen LogP contribution is -2.29. The lowest BCUT2D eigenvalue weighted by molar-refractivity contribution is -0.140. The normalized spacial score (nSPS) is 17.1. The molecule has 174 valence electrons. The number of halogens is 1. The van der Waals surface area contributed by atoms with E-state index in [1.54, 1.807) is 43.5 Å². The van der Waals surface area contributed by atoms with Crippen LogP contribution in [0.1, 0.15) is 29.7 Å². The number of nitrogens with zero attached hydrogens (tertiary/aromatic N) is 1. The van der Waals surface area contributed by atoms with Gasteiger partial charge in [0.1, 0.15) is 17.3 Å². The summed E-state index contributed by atoms with van der Waals surface area (Å²) in [7, 11) is 1.56. The highest BCUT2D eigenvalue weighted by atomic mass is 79.9. The highest BCUT2D eigenvalue weighted by Crippen LogP contribution is 2.41. The van der Waals surface area contributed by atoms with Gasteiger partial charge in [-0.25, -0.2) is 0 Å². The lowest BCUT2D eigenvalue weighted by atomic mass is 9.95. The highest BCUT2D eigenvalue weighted by molar-refractivity contribution is 9.10. The van der Waals surface area contributed by atoms with Gasteiger partial charge < -0.3 is 19.5 Å². The minimum absolute atomic E-state index is 0.0378. The van der Waals surface area contributed by atoms with Crippen LogP contribution in [0.25, 0.3) is 5.76 Å². The van der Waals surface area contributed by atoms with Crippen LogP contribution in [0.3, 0.4) is 0 Å². The Morgan fingerprint density at radius 2 is 1.76 bits per heavy atom. The molecule has 6 nitrogen and oxygen atoms in total. The third-order valence-corrected chi connectivity index (χ3v) is 6.20. The number of carbonyl (C=O) groups is 2. The van der Waals surface area contributed by atoms with Gasteiger partial charge in [0.15, 0.2) is 0 Å². The Labute approximate surface area is 206 Å². The van der Waals surface area contributed by atoms with Crippen molar-refractivity contribution in [3.8, 4) is 11.5 Å². The Kier molecular flexibility index (Phi) is 7.03. The van der Waals surface area contributed by atoms with Crippen molar-refractivity contribution >= 4 is 33.4 Å². The molecule has 1 aliphatic heterocycles. The van der Waals surface area contributed by atoms with Gasteiger partial charge in [-0.2, -0.15) is 0 Å². The summed E-state index contributed by atoms with van der Waals surface area (Å²) in [6, 6.07) is 20.7. The maximum atomic E-state index is 13.3. The second-order valence-corrected chi connectivity index (χ2v) is 8.67. The molecule has 1 saturated heterocycles. The summed E-state index contributed by atoms with van der Waals surface area (Å²) in [6.45, 7) is 2.49. The summed E-state index contributed by atoms with van der Waals surface area (Å²) in [6.07, 6.45) is 0. The summed E-state index contributed by atoms with van der Waals surface area (Å²) >= 11 is 3.38.